The fraction of sp³-hybridized carbons (Fsp3) is 0.0769. The first-order chi connectivity index (χ1) is 7.66. The average Bonchev–Trinajstić information content (AvgIpc) is 2.25. The molecular formula is C13H12BrNO. The van der Waals surface area contributed by atoms with Crippen molar-refractivity contribution in [3.05, 3.63) is 58.1 Å². The molecule has 0 bridgehead atoms. The van der Waals surface area contributed by atoms with E-state index in [1.807, 2.05) is 30.3 Å². The lowest BCUT2D eigenvalue weighted by Crippen LogP contribution is -1.96. The summed E-state index contributed by atoms with van der Waals surface area (Å²) < 4.78 is 0.908. The number of nitrogen functional groups attached to an aromatic ring is 1. The molecule has 0 aromatic heterocycles. The third kappa shape index (κ3) is 2.36. The molecule has 0 saturated heterocycles. The Morgan fingerprint density at radius 3 is 2.62 bits per heavy atom. The molecule has 3 heteroatoms. The molecule has 2 rings (SSSR count). The van der Waals surface area contributed by atoms with Crippen LogP contribution < -0.4 is 5.73 Å². The Kier molecular flexibility index (Phi) is 3.15. The lowest BCUT2D eigenvalue weighted by Gasteiger charge is -2.07. The zero-order valence-electron chi connectivity index (χ0n) is 8.65. The molecule has 82 valence electrons. The van der Waals surface area contributed by atoms with Gasteiger partial charge >= 0.3 is 0 Å². The number of phenols is 1. The van der Waals surface area contributed by atoms with Crippen LogP contribution in [0.5, 0.6) is 5.75 Å². The maximum absolute atomic E-state index is 9.37. The fourth-order valence-electron chi connectivity index (χ4n) is 1.62. The average molecular weight is 278 g/mol. The highest BCUT2D eigenvalue weighted by molar-refractivity contribution is 9.10. The minimum absolute atomic E-state index is 0.283. The number of nitrogens with two attached hydrogens (primary N) is 1. The highest BCUT2D eigenvalue weighted by atomic mass is 79.9. The smallest absolute Gasteiger partial charge is 0.115 e. The van der Waals surface area contributed by atoms with E-state index in [2.05, 4.69) is 15.9 Å². The Balaban J connectivity index is 2.31. The predicted octanol–water partition coefficient (Wildman–Crippen LogP) is 3.33. The van der Waals surface area contributed by atoms with Gasteiger partial charge < -0.3 is 10.8 Å². The van der Waals surface area contributed by atoms with Gasteiger partial charge in [0, 0.05) is 10.2 Å². The zero-order chi connectivity index (χ0) is 11.5. The summed E-state index contributed by atoms with van der Waals surface area (Å²) in [5.41, 5.74) is 8.82. The van der Waals surface area contributed by atoms with E-state index in [4.69, 9.17) is 5.73 Å². The fourth-order valence-corrected chi connectivity index (χ4v) is 2.03. The van der Waals surface area contributed by atoms with Crippen LogP contribution in [-0.2, 0) is 6.42 Å². The van der Waals surface area contributed by atoms with Gasteiger partial charge in [0.1, 0.15) is 5.75 Å². The van der Waals surface area contributed by atoms with Crippen molar-refractivity contribution in [3.63, 3.8) is 0 Å². The number of aromatic hydroxyl groups is 1. The van der Waals surface area contributed by atoms with E-state index < -0.39 is 0 Å². The molecule has 3 N–H and O–H groups in total. The van der Waals surface area contributed by atoms with Crippen LogP contribution in [0.2, 0.25) is 0 Å². The molecule has 16 heavy (non-hydrogen) atoms. The standard InChI is InChI=1S/C13H12BrNO/c14-12-6-2-4-10(13(12)15)7-9-3-1-5-11(16)8-9/h1-6,8,16H,7,15H2. The first kappa shape index (κ1) is 11.0. The van der Waals surface area contributed by atoms with Crippen LogP contribution in [0, 0.1) is 0 Å². The lowest BCUT2D eigenvalue weighted by molar-refractivity contribution is 0.474. The summed E-state index contributed by atoms with van der Waals surface area (Å²) in [5, 5.41) is 9.37. The molecule has 0 amide bonds. The van der Waals surface area contributed by atoms with Crippen molar-refractivity contribution in [3.8, 4) is 5.75 Å². The molecular weight excluding hydrogens is 266 g/mol. The highest BCUT2D eigenvalue weighted by Gasteiger charge is 2.04. The normalized spacial score (nSPS) is 10.3. The molecule has 0 radical (unpaired) electrons. The maximum Gasteiger partial charge on any atom is 0.115 e. The molecule has 0 spiro atoms. The van der Waals surface area contributed by atoms with Gasteiger partial charge in [-0.25, -0.2) is 0 Å². The number of benzene rings is 2. The van der Waals surface area contributed by atoms with Crippen LogP contribution in [0.15, 0.2) is 46.9 Å². The van der Waals surface area contributed by atoms with Gasteiger partial charge in [0.25, 0.3) is 0 Å². The molecule has 0 atom stereocenters. The summed E-state index contributed by atoms with van der Waals surface area (Å²) in [7, 11) is 0. The summed E-state index contributed by atoms with van der Waals surface area (Å²) in [5.74, 6) is 0.283. The maximum atomic E-state index is 9.37. The number of phenolic OH excluding ortho intramolecular Hbond substituents is 1. The summed E-state index contributed by atoms with van der Waals surface area (Å²) in [6.45, 7) is 0. The third-order valence-corrected chi connectivity index (χ3v) is 3.14. The van der Waals surface area contributed by atoms with Gasteiger partial charge in [0.2, 0.25) is 0 Å². The van der Waals surface area contributed by atoms with Crippen molar-refractivity contribution in [2.45, 2.75) is 6.42 Å². The second-order valence-corrected chi connectivity index (χ2v) is 4.51. The molecule has 0 aliphatic rings. The van der Waals surface area contributed by atoms with Crippen molar-refractivity contribution in [1.82, 2.24) is 0 Å². The van der Waals surface area contributed by atoms with E-state index >= 15 is 0 Å². The van der Waals surface area contributed by atoms with Crippen molar-refractivity contribution in [2.24, 2.45) is 0 Å². The summed E-state index contributed by atoms with van der Waals surface area (Å²) in [6, 6.07) is 13.1. The van der Waals surface area contributed by atoms with E-state index in [9.17, 15) is 5.11 Å². The van der Waals surface area contributed by atoms with Gasteiger partial charge in [-0.15, -0.1) is 0 Å². The molecule has 0 saturated carbocycles. The van der Waals surface area contributed by atoms with Gasteiger partial charge in [-0.3, -0.25) is 0 Å². The van der Waals surface area contributed by atoms with Crippen molar-refractivity contribution in [2.75, 3.05) is 5.73 Å². The highest BCUT2D eigenvalue weighted by Crippen LogP contribution is 2.25. The van der Waals surface area contributed by atoms with Gasteiger partial charge in [-0.2, -0.15) is 0 Å². The minimum atomic E-state index is 0.283. The second-order valence-electron chi connectivity index (χ2n) is 3.66. The number of anilines is 1. The van der Waals surface area contributed by atoms with Crippen LogP contribution in [-0.4, -0.2) is 5.11 Å². The van der Waals surface area contributed by atoms with E-state index in [1.165, 1.54) is 0 Å². The largest absolute Gasteiger partial charge is 0.508 e. The van der Waals surface area contributed by atoms with Crippen molar-refractivity contribution < 1.29 is 5.11 Å². The quantitative estimate of drug-likeness (QED) is 0.828. The Morgan fingerprint density at radius 2 is 1.88 bits per heavy atom. The van der Waals surface area contributed by atoms with E-state index in [1.54, 1.807) is 12.1 Å². The minimum Gasteiger partial charge on any atom is -0.508 e. The second kappa shape index (κ2) is 4.58. The van der Waals surface area contributed by atoms with Crippen LogP contribution >= 0.6 is 15.9 Å². The Hall–Kier alpha value is -1.48. The number of para-hydroxylation sites is 1. The number of rotatable bonds is 2. The molecule has 2 aromatic carbocycles. The van der Waals surface area contributed by atoms with Crippen LogP contribution in [0.3, 0.4) is 0 Å². The van der Waals surface area contributed by atoms with Crippen LogP contribution in [0.1, 0.15) is 11.1 Å². The van der Waals surface area contributed by atoms with Gasteiger partial charge in [0.05, 0.1) is 0 Å². The van der Waals surface area contributed by atoms with Crippen LogP contribution in [0.25, 0.3) is 0 Å². The van der Waals surface area contributed by atoms with E-state index in [-0.39, 0.29) is 5.75 Å². The zero-order valence-corrected chi connectivity index (χ0v) is 10.2. The Labute approximate surface area is 103 Å². The van der Waals surface area contributed by atoms with E-state index in [0.29, 0.717) is 0 Å². The van der Waals surface area contributed by atoms with E-state index in [0.717, 1.165) is 27.7 Å². The topological polar surface area (TPSA) is 46.2 Å². The van der Waals surface area contributed by atoms with Gasteiger partial charge in [-0.05, 0) is 51.7 Å². The lowest BCUT2D eigenvalue weighted by atomic mass is 10.0. The van der Waals surface area contributed by atoms with Gasteiger partial charge in [-0.1, -0.05) is 24.3 Å². The number of hydrogen-bond acceptors (Lipinski definition) is 2. The molecule has 0 aliphatic heterocycles. The monoisotopic (exact) mass is 277 g/mol. The molecule has 0 heterocycles. The SMILES string of the molecule is Nc1c(Br)cccc1Cc1cccc(O)c1. The third-order valence-electron chi connectivity index (χ3n) is 2.45. The molecule has 0 fully saturated rings. The Morgan fingerprint density at radius 1 is 1.12 bits per heavy atom. The summed E-state index contributed by atoms with van der Waals surface area (Å²) in [4.78, 5) is 0. The first-order valence-corrected chi connectivity index (χ1v) is 5.77. The summed E-state index contributed by atoms with van der Waals surface area (Å²) >= 11 is 3.40. The van der Waals surface area contributed by atoms with Crippen LogP contribution in [0.4, 0.5) is 5.69 Å². The van der Waals surface area contributed by atoms with Gasteiger partial charge in [0.15, 0.2) is 0 Å². The number of halogens is 1. The summed E-state index contributed by atoms with van der Waals surface area (Å²) in [6.07, 6.45) is 0.722. The Bertz CT molecular complexity index is 511. The predicted molar refractivity (Wildman–Crippen MR) is 69.5 cm³/mol. The first-order valence-electron chi connectivity index (χ1n) is 4.97. The van der Waals surface area contributed by atoms with Crippen molar-refractivity contribution in [1.29, 1.82) is 0 Å². The molecule has 2 nitrogen and oxygen atoms in total. The number of hydrogen-bond donors (Lipinski definition) is 2. The molecule has 0 unspecified atom stereocenters. The molecule has 0 aliphatic carbocycles. The molecule has 2 aromatic rings. The van der Waals surface area contributed by atoms with Crippen molar-refractivity contribution >= 4 is 21.6 Å².